The molecule has 0 heterocycles. The number of carboxylic acid groups (broad SMARTS) is 1. The van der Waals surface area contributed by atoms with Gasteiger partial charge in [0.15, 0.2) is 5.75 Å². The number of halogens is 1. The first-order chi connectivity index (χ1) is 5.74. The summed E-state index contributed by atoms with van der Waals surface area (Å²) < 4.78 is 3.85. The van der Waals surface area contributed by atoms with Crippen molar-refractivity contribution >= 4 is 17.8 Å². The highest BCUT2D eigenvalue weighted by atomic mass is 35.5. The molecule has 0 unspecified atom stereocenters. The molecule has 0 saturated carbocycles. The van der Waals surface area contributed by atoms with E-state index in [0.717, 1.165) is 0 Å². The Morgan fingerprint density at radius 3 is 2.33 bits per heavy atom. The summed E-state index contributed by atoms with van der Waals surface area (Å²) in [6.07, 6.45) is 0. The van der Waals surface area contributed by atoms with Crippen LogP contribution in [0.1, 0.15) is 10.4 Å². The Morgan fingerprint density at radius 2 is 1.92 bits per heavy atom. The third kappa shape index (κ3) is 2.11. The molecule has 0 aromatic heterocycles. The molecule has 12 heavy (non-hydrogen) atoms. The van der Waals surface area contributed by atoms with Crippen LogP contribution in [0.3, 0.4) is 0 Å². The highest BCUT2D eigenvalue weighted by Crippen LogP contribution is 2.12. The molecule has 4 nitrogen and oxygen atoms in total. The van der Waals surface area contributed by atoms with Gasteiger partial charge < -0.3 is 9.99 Å². The maximum Gasteiger partial charge on any atom is 0.335 e. The fourth-order valence-corrected chi connectivity index (χ4v) is 0.762. The number of benzene rings is 1. The zero-order valence-electron chi connectivity index (χ0n) is 5.86. The number of rotatable bonds is 3. The summed E-state index contributed by atoms with van der Waals surface area (Å²) in [6, 6.07) is 5.64. The van der Waals surface area contributed by atoms with Crippen molar-refractivity contribution in [1.29, 1.82) is 0 Å². The van der Waals surface area contributed by atoms with E-state index < -0.39 is 5.97 Å². The summed E-state index contributed by atoms with van der Waals surface area (Å²) in [7, 11) is 0. The van der Waals surface area contributed by atoms with Gasteiger partial charge in [0.1, 0.15) is 11.9 Å². The molecule has 0 aliphatic carbocycles. The average molecular weight is 189 g/mol. The fourth-order valence-electron chi connectivity index (χ4n) is 0.689. The van der Waals surface area contributed by atoms with Crippen molar-refractivity contribution in [2.45, 2.75) is 0 Å². The van der Waals surface area contributed by atoms with Gasteiger partial charge in [-0.3, -0.25) is 0 Å². The van der Waals surface area contributed by atoms with Crippen LogP contribution in [0.25, 0.3) is 0 Å². The number of carboxylic acids is 1. The predicted octanol–water partition coefficient (Wildman–Crippen LogP) is 1.85. The second-order valence-electron chi connectivity index (χ2n) is 1.98. The summed E-state index contributed by atoms with van der Waals surface area (Å²) in [5.74, 6) is -0.650. The maximum atomic E-state index is 10.4. The van der Waals surface area contributed by atoms with Gasteiger partial charge in [0.2, 0.25) is 0 Å². The smallest absolute Gasteiger partial charge is 0.335 e. The van der Waals surface area contributed by atoms with Gasteiger partial charge in [-0.05, 0) is 24.3 Å². The first-order valence-corrected chi connectivity index (χ1v) is 3.33. The monoisotopic (exact) mass is 188 g/mol. The van der Waals surface area contributed by atoms with Crippen LogP contribution >= 0.6 is 11.9 Å². The van der Waals surface area contributed by atoms with Crippen molar-refractivity contribution in [2.24, 2.45) is 0 Å². The van der Waals surface area contributed by atoms with Gasteiger partial charge in [-0.15, -0.1) is 0 Å². The highest BCUT2D eigenvalue weighted by molar-refractivity contribution is 6.06. The van der Waals surface area contributed by atoms with Crippen molar-refractivity contribution < 1.29 is 19.2 Å². The molecule has 0 bridgehead atoms. The minimum Gasteiger partial charge on any atom is -0.478 e. The number of hydrogen-bond donors (Lipinski definition) is 1. The predicted molar refractivity (Wildman–Crippen MR) is 41.0 cm³/mol. The molecule has 64 valence electrons. The average Bonchev–Trinajstić information content (AvgIpc) is 2.06. The summed E-state index contributed by atoms with van der Waals surface area (Å²) in [6.45, 7) is 0. The molecule has 0 saturated heterocycles. The van der Waals surface area contributed by atoms with Gasteiger partial charge in [-0.2, -0.15) is 0 Å². The summed E-state index contributed by atoms with van der Waals surface area (Å²) in [5.41, 5.74) is 0.178. The van der Waals surface area contributed by atoms with E-state index in [9.17, 15) is 4.79 Å². The van der Waals surface area contributed by atoms with Crippen molar-refractivity contribution in [3.63, 3.8) is 0 Å². The van der Waals surface area contributed by atoms with Crippen LogP contribution in [-0.2, 0) is 4.44 Å². The van der Waals surface area contributed by atoms with E-state index in [1.165, 1.54) is 24.3 Å². The standard InChI is InChI=1S/C7H5ClO4/c8-12-11-6-3-1-5(2-4-6)7(9)10/h1-4H,(H,9,10). The van der Waals surface area contributed by atoms with Gasteiger partial charge in [-0.1, -0.05) is 4.44 Å². The Balaban J connectivity index is 2.78. The van der Waals surface area contributed by atoms with Crippen molar-refractivity contribution in [2.75, 3.05) is 0 Å². The molecule has 0 aliphatic heterocycles. The second kappa shape index (κ2) is 3.94. The lowest BCUT2D eigenvalue weighted by Crippen LogP contribution is -1.95. The van der Waals surface area contributed by atoms with E-state index in [-0.39, 0.29) is 5.56 Å². The van der Waals surface area contributed by atoms with E-state index >= 15 is 0 Å². The van der Waals surface area contributed by atoms with Crippen LogP contribution in [0, 0.1) is 0 Å². The number of hydrogen-bond acceptors (Lipinski definition) is 3. The molecule has 1 aromatic carbocycles. The SMILES string of the molecule is O=C(O)c1ccc(OOCl)cc1. The third-order valence-electron chi connectivity index (χ3n) is 1.23. The van der Waals surface area contributed by atoms with E-state index in [1.807, 2.05) is 0 Å². The lowest BCUT2D eigenvalue weighted by Gasteiger charge is -1.97. The largest absolute Gasteiger partial charge is 0.478 e. The Labute approximate surface area is 73.4 Å². The first kappa shape index (κ1) is 8.83. The van der Waals surface area contributed by atoms with Gasteiger partial charge in [0, 0.05) is 0 Å². The van der Waals surface area contributed by atoms with E-state index in [1.54, 1.807) is 0 Å². The Bertz CT molecular complexity index is 269. The number of carbonyl (C=O) groups is 1. The number of aromatic carboxylic acids is 1. The van der Waals surface area contributed by atoms with Crippen molar-refractivity contribution in [1.82, 2.24) is 0 Å². The fraction of sp³-hybridized carbons (Fsp3) is 0. The molecule has 0 aliphatic rings. The lowest BCUT2D eigenvalue weighted by atomic mass is 10.2. The van der Waals surface area contributed by atoms with Gasteiger partial charge >= 0.3 is 5.97 Å². The third-order valence-corrected chi connectivity index (χ3v) is 1.29. The summed E-state index contributed by atoms with van der Waals surface area (Å²) in [5, 5.41) is 8.51. The molecule has 0 fully saturated rings. The summed E-state index contributed by atoms with van der Waals surface area (Å²) >= 11 is 4.80. The van der Waals surface area contributed by atoms with Crippen LogP contribution in [0.15, 0.2) is 24.3 Å². The van der Waals surface area contributed by atoms with E-state index in [2.05, 4.69) is 9.33 Å². The highest BCUT2D eigenvalue weighted by Gasteiger charge is 2.01. The van der Waals surface area contributed by atoms with Gasteiger partial charge in [0.25, 0.3) is 0 Å². The van der Waals surface area contributed by atoms with Crippen LogP contribution in [-0.4, -0.2) is 11.1 Å². The topological polar surface area (TPSA) is 55.8 Å². The Morgan fingerprint density at radius 1 is 1.33 bits per heavy atom. The molecular formula is C7H5ClO4. The normalized spacial score (nSPS) is 9.42. The van der Waals surface area contributed by atoms with Crippen LogP contribution < -0.4 is 4.89 Å². The van der Waals surface area contributed by atoms with E-state index in [0.29, 0.717) is 5.75 Å². The molecular weight excluding hydrogens is 184 g/mol. The molecule has 0 radical (unpaired) electrons. The second-order valence-corrected chi connectivity index (χ2v) is 2.10. The molecule has 0 amide bonds. The molecule has 1 N–H and O–H groups in total. The van der Waals surface area contributed by atoms with Crippen LogP contribution in [0.4, 0.5) is 0 Å². The van der Waals surface area contributed by atoms with E-state index in [4.69, 9.17) is 17.0 Å². The van der Waals surface area contributed by atoms with Crippen LogP contribution in [0.5, 0.6) is 5.75 Å². The zero-order valence-corrected chi connectivity index (χ0v) is 6.62. The van der Waals surface area contributed by atoms with Crippen molar-refractivity contribution in [3.8, 4) is 5.75 Å². The van der Waals surface area contributed by atoms with Gasteiger partial charge in [-0.25, -0.2) is 4.79 Å². The minimum absolute atomic E-state index is 0.178. The van der Waals surface area contributed by atoms with Gasteiger partial charge in [0.05, 0.1) is 5.56 Å². The quantitative estimate of drug-likeness (QED) is 0.581. The molecule has 1 aromatic rings. The molecule has 0 spiro atoms. The lowest BCUT2D eigenvalue weighted by molar-refractivity contribution is -0.0918. The first-order valence-electron chi connectivity index (χ1n) is 3.02. The molecule has 1 rings (SSSR count). The maximum absolute atomic E-state index is 10.4. The van der Waals surface area contributed by atoms with Crippen molar-refractivity contribution in [3.05, 3.63) is 29.8 Å². The Kier molecular flexibility index (Phi) is 2.90. The zero-order chi connectivity index (χ0) is 8.97. The molecule has 0 atom stereocenters. The van der Waals surface area contributed by atoms with Crippen LogP contribution in [0.2, 0.25) is 0 Å². The summed E-state index contributed by atoms with van der Waals surface area (Å²) in [4.78, 5) is 14.8. The Hall–Kier alpha value is -1.26. The minimum atomic E-state index is -0.992. The molecule has 5 heteroatoms.